The number of benzene rings is 1. The summed E-state index contributed by atoms with van der Waals surface area (Å²) in [6.45, 7) is 0. The molecule has 1 amide bonds. The van der Waals surface area contributed by atoms with Crippen molar-refractivity contribution >= 4 is 23.1 Å². The number of nitrogens with one attached hydrogen (secondary N) is 1. The Kier molecular flexibility index (Phi) is 2.24. The molecule has 0 fully saturated rings. The lowest BCUT2D eigenvalue weighted by Crippen LogP contribution is -2.43. The van der Waals surface area contributed by atoms with Gasteiger partial charge in [-0.3, -0.25) is 4.79 Å². The van der Waals surface area contributed by atoms with Gasteiger partial charge >= 0.3 is 0 Å². The van der Waals surface area contributed by atoms with Gasteiger partial charge in [0.15, 0.2) is 5.82 Å². The fraction of sp³-hybridized carbons (Fsp3) is 0.200. The van der Waals surface area contributed by atoms with Gasteiger partial charge < -0.3 is 15.0 Å². The lowest BCUT2D eigenvalue weighted by atomic mass is 10.1. The molecule has 2 aliphatic heterocycles. The third-order valence-electron chi connectivity index (χ3n) is 3.82. The Labute approximate surface area is 116 Å². The van der Waals surface area contributed by atoms with Crippen molar-refractivity contribution in [1.29, 1.82) is 0 Å². The van der Waals surface area contributed by atoms with Crippen LogP contribution in [-0.2, 0) is 11.2 Å². The molecule has 5 nitrogen and oxygen atoms in total. The third-order valence-corrected chi connectivity index (χ3v) is 3.82. The predicted octanol–water partition coefficient (Wildman–Crippen LogP) is 2.11. The van der Waals surface area contributed by atoms with Crippen LogP contribution in [0.3, 0.4) is 0 Å². The first kappa shape index (κ1) is 11.3. The molecule has 0 saturated carbocycles. The van der Waals surface area contributed by atoms with Crippen molar-refractivity contribution in [3.8, 4) is 5.88 Å². The number of hydrogen-bond acceptors (Lipinski definition) is 4. The Morgan fingerprint density at radius 2 is 2.15 bits per heavy atom. The summed E-state index contributed by atoms with van der Waals surface area (Å²) in [5.41, 5.74) is 2.95. The molecule has 1 N–H and O–H groups in total. The highest BCUT2D eigenvalue weighted by molar-refractivity contribution is 6.06. The highest BCUT2D eigenvalue weighted by Gasteiger charge is 2.40. The fourth-order valence-corrected chi connectivity index (χ4v) is 2.90. The van der Waals surface area contributed by atoms with E-state index in [1.807, 2.05) is 29.2 Å². The first-order valence-electron chi connectivity index (χ1n) is 6.51. The van der Waals surface area contributed by atoms with Crippen LogP contribution in [0.2, 0.25) is 0 Å². The zero-order chi connectivity index (χ0) is 13.7. The maximum absolute atomic E-state index is 12.2. The molecule has 1 atom stereocenters. The van der Waals surface area contributed by atoms with Gasteiger partial charge in [-0.2, -0.15) is 4.98 Å². The summed E-state index contributed by atoms with van der Waals surface area (Å²) in [5, 5.41) is 2.92. The fourth-order valence-electron chi connectivity index (χ4n) is 2.90. The highest BCUT2D eigenvalue weighted by Crippen LogP contribution is 2.43. The number of nitrogens with zero attached hydrogens (tertiary/aromatic N) is 2. The van der Waals surface area contributed by atoms with E-state index in [-0.39, 0.29) is 11.9 Å². The van der Waals surface area contributed by atoms with Gasteiger partial charge in [0.25, 0.3) is 0 Å². The summed E-state index contributed by atoms with van der Waals surface area (Å²) in [6, 6.07) is 11.4. The molecular weight excluding hydrogens is 254 g/mol. The molecule has 100 valence electrons. The normalized spacial score (nSPS) is 18.9. The number of ether oxygens (including phenoxy) is 1. The second-order valence-electron chi connectivity index (χ2n) is 4.93. The summed E-state index contributed by atoms with van der Waals surface area (Å²) < 4.78 is 5.19. The molecule has 20 heavy (non-hydrogen) atoms. The number of fused-ring (bicyclic) bond motifs is 5. The highest BCUT2D eigenvalue weighted by atomic mass is 16.5. The van der Waals surface area contributed by atoms with E-state index in [4.69, 9.17) is 4.74 Å². The van der Waals surface area contributed by atoms with Gasteiger partial charge in [-0.1, -0.05) is 18.2 Å². The van der Waals surface area contributed by atoms with Crippen molar-refractivity contribution in [2.75, 3.05) is 17.3 Å². The van der Waals surface area contributed by atoms with Crippen LogP contribution >= 0.6 is 0 Å². The zero-order valence-corrected chi connectivity index (χ0v) is 11.0. The molecule has 1 unspecified atom stereocenters. The molecule has 4 rings (SSSR count). The summed E-state index contributed by atoms with van der Waals surface area (Å²) in [7, 11) is 1.59. The molecule has 0 aliphatic carbocycles. The molecule has 0 bridgehead atoms. The Balaban J connectivity index is 1.93. The topological polar surface area (TPSA) is 54.5 Å². The summed E-state index contributed by atoms with van der Waals surface area (Å²) in [5.74, 6) is 1.31. The van der Waals surface area contributed by atoms with Crippen LogP contribution in [0.1, 0.15) is 5.56 Å². The minimum atomic E-state index is -0.223. The van der Waals surface area contributed by atoms with E-state index in [2.05, 4.69) is 16.4 Å². The Morgan fingerprint density at radius 1 is 1.30 bits per heavy atom. The average Bonchev–Trinajstić information content (AvgIpc) is 2.87. The van der Waals surface area contributed by atoms with E-state index < -0.39 is 0 Å². The number of para-hydroxylation sites is 1. The predicted molar refractivity (Wildman–Crippen MR) is 75.5 cm³/mol. The number of aromatic nitrogens is 1. The second-order valence-corrected chi connectivity index (χ2v) is 4.93. The standard InChI is InChI=1S/C15H13N3O2/c1-20-13-7-6-10-14(17-13)18-11-5-3-2-4-9(11)8-12(18)15(19)16-10/h2-7,12H,8H2,1H3,(H,16,19). The number of rotatable bonds is 1. The van der Waals surface area contributed by atoms with Crippen molar-refractivity contribution in [2.24, 2.45) is 0 Å². The van der Waals surface area contributed by atoms with Gasteiger partial charge in [-0.05, 0) is 17.7 Å². The Bertz CT molecular complexity index is 714. The van der Waals surface area contributed by atoms with Gasteiger partial charge in [0.05, 0.1) is 12.8 Å². The SMILES string of the molecule is COc1ccc2c(n1)N1c3ccccc3CC1C(=O)N2. The number of methoxy groups -OCH3 is 1. The Morgan fingerprint density at radius 3 is 3.00 bits per heavy atom. The molecule has 0 saturated heterocycles. The largest absolute Gasteiger partial charge is 0.481 e. The van der Waals surface area contributed by atoms with Crippen LogP contribution < -0.4 is 15.0 Å². The lowest BCUT2D eigenvalue weighted by molar-refractivity contribution is -0.117. The second kappa shape index (κ2) is 3.96. The van der Waals surface area contributed by atoms with E-state index in [1.165, 1.54) is 5.56 Å². The van der Waals surface area contributed by atoms with E-state index in [0.717, 1.165) is 17.2 Å². The summed E-state index contributed by atoms with van der Waals surface area (Å²) in [4.78, 5) is 18.8. The van der Waals surface area contributed by atoms with Crippen LogP contribution in [0.5, 0.6) is 5.88 Å². The average molecular weight is 267 g/mol. The van der Waals surface area contributed by atoms with E-state index in [1.54, 1.807) is 13.2 Å². The number of anilines is 3. The van der Waals surface area contributed by atoms with Crippen molar-refractivity contribution < 1.29 is 9.53 Å². The molecule has 2 aromatic rings. The van der Waals surface area contributed by atoms with Crippen LogP contribution in [0.25, 0.3) is 0 Å². The molecule has 2 aliphatic rings. The van der Waals surface area contributed by atoms with Crippen molar-refractivity contribution in [3.05, 3.63) is 42.0 Å². The van der Waals surface area contributed by atoms with Gasteiger partial charge in [-0.25, -0.2) is 0 Å². The number of carbonyl (C=O) groups excluding carboxylic acids is 1. The number of amides is 1. The number of carbonyl (C=O) groups is 1. The molecule has 1 aromatic heterocycles. The van der Waals surface area contributed by atoms with Crippen molar-refractivity contribution in [3.63, 3.8) is 0 Å². The van der Waals surface area contributed by atoms with Gasteiger partial charge in [-0.15, -0.1) is 0 Å². The van der Waals surface area contributed by atoms with Gasteiger partial charge in [0, 0.05) is 18.2 Å². The Hall–Kier alpha value is -2.56. The molecule has 5 heteroatoms. The quantitative estimate of drug-likeness (QED) is 0.859. The number of pyridine rings is 1. The van der Waals surface area contributed by atoms with Gasteiger partial charge in [0.1, 0.15) is 6.04 Å². The minimum Gasteiger partial charge on any atom is -0.481 e. The number of hydrogen-bond donors (Lipinski definition) is 1. The van der Waals surface area contributed by atoms with E-state index >= 15 is 0 Å². The molecule has 0 radical (unpaired) electrons. The minimum absolute atomic E-state index is 0.0145. The van der Waals surface area contributed by atoms with Gasteiger partial charge in [0.2, 0.25) is 11.8 Å². The maximum Gasteiger partial charge on any atom is 0.247 e. The van der Waals surface area contributed by atoms with E-state index in [9.17, 15) is 4.79 Å². The zero-order valence-electron chi connectivity index (χ0n) is 11.0. The molecule has 3 heterocycles. The monoisotopic (exact) mass is 267 g/mol. The van der Waals surface area contributed by atoms with Crippen LogP contribution in [0.15, 0.2) is 36.4 Å². The van der Waals surface area contributed by atoms with Crippen molar-refractivity contribution in [1.82, 2.24) is 4.98 Å². The summed E-state index contributed by atoms with van der Waals surface area (Å²) >= 11 is 0. The first-order valence-corrected chi connectivity index (χ1v) is 6.51. The van der Waals surface area contributed by atoms with Crippen LogP contribution in [0, 0.1) is 0 Å². The molecule has 1 aromatic carbocycles. The first-order chi connectivity index (χ1) is 9.78. The smallest absolute Gasteiger partial charge is 0.247 e. The van der Waals surface area contributed by atoms with Crippen molar-refractivity contribution in [2.45, 2.75) is 12.5 Å². The third kappa shape index (κ3) is 1.43. The lowest BCUT2D eigenvalue weighted by Gasteiger charge is -2.32. The maximum atomic E-state index is 12.2. The molecule has 0 spiro atoms. The van der Waals surface area contributed by atoms with E-state index in [0.29, 0.717) is 12.3 Å². The summed E-state index contributed by atoms with van der Waals surface area (Å²) in [6.07, 6.45) is 0.709. The van der Waals surface area contributed by atoms with Crippen LogP contribution in [-0.4, -0.2) is 24.0 Å². The van der Waals surface area contributed by atoms with Crippen LogP contribution in [0.4, 0.5) is 17.2 Å². The molecular formula is C15H13N3O2.